The second kappa shape index (κ2) is 12.1. The molecule has 2 rings (SSSR count). The molecule has 0 fully saturated rings. The molecule has 0 saturated carbocycles. The summed E-state index contributed by atoms with van der Waals surface area (Å²) in [7, 11) is 1.75. The standard InChI is InChI=1S/C21H37N5O2S.HI/c1-20(2,3)28-19(27)26-21(4,5)14-24-18(22-6)23-13-9-12-17-25-15-10-7-8-11-16(15)29-17;/h7-14H2,1-6H3,(H,26,27)(H2,22,23,24);1H. The number of carbonyl (C=O) groups excluding carboxylic acids is 1. The van der Waals surface area contributed by atoms with Crippen molar-refractivity contribution in [1.82, 2.24) is 20.9 Å². The highest BCUT2D eigenvalue weighted by atomic mass is 127. The molecule has 0 aliphatic heterocycles. The van der Waals surface area contributed by atoms with Crippen LogP contribution in [0, 0.1) is 0 Å². The Bertz CT molecular complexity index is 689. The number of hydrogen-bond donors (Lipinski definition) is 3. The van der Waals surface area contributed by atoms with Gasteiger partial charge in [-0.2, -0.15) is 0 Å². The van der Waals surface area contributed by atoms with E-state index in [4.69, 9.17) is 9.72 Å². The molecule has 1 aromatic heterocycles. The molecule has 30 heavy (non-hydrogen) atoms. The first-order valence-corrected chi connectivity index (χ1v) is 11.3. The fraction of sp³-hybridized carbons (Fsp3) is 0.762. The number of halogens is 1. The molecule has 1 heterocycles. The molecule has 0 radical (unpaired) electrons. The fourth-order valence-corrected chi connectivity index (χ4v) is 4.31. The van der Waals surface area contributed by atoms with Crippen molar-refractivity contribution in [2.24, 2.45) is 4.99 Å². The molecule has 7 nitrogen and oxygen atoms in total. The van der Waals surface area contributed by atoms with E-state index in [1.54, 1.807) is 7.05 Å². The van der Waals surface area contributed by atoms with Crippen LogP contribution in [0.1, 0.15) is 69.5 Å². The minimum atomic E-state index is -0.512. The van der Waals surface area contributed by atoms with Gasteiger partial charge in [0.15, 0.2) is 5.96 Å². The van der Waals surface area contributed by atoms with Gasteiger partial charge >= 0.3 is 6.09 Å². The summed E-state index contributed by atoms with van der Waals surface area (Å²) in [6.45, 7) is 10.8. The number of hydrogen-bond acceptors (Lipinski definition) is 5. The van der Waals surface area contributed by atoms with E-state index >= 15 is 0 Å². The lowest BCUT2D eigenvalue weighted by atomic mass is 10.0. The lowest BCUT2D eigenvalue weighted by Gasteiger charge is -2.29. The van der Waals surface area contributed by atoms with E-state index in [0.29, 0.717) is 6.54 Å². The number of carbonyl (C=O) groups is 1. The van der Waals surface area contributed by atoms with E-state index in [2.05, 4.69) is 20.9 Å². The summed E-state index contributed by atoms with van der Waals surface area (Å²) in [5, 5.41) is 10.8. The number of amides is 1. The molecule has 1 aliphatic carbocycles. The number of fused-ring (bicyclic) bond motifs is 1. The summed E-state index contributed by atoms with van der Waals surface area (Å²) < 4.78 is 5.33. The number of aliphatic imine (C=N–C) groups is 1. The first-order valence-electron chi connectivity index (χ1n) is 10.5. The maximum absolute atomic E-state index is 12.0. The van der Waals surface area contributed by atoms with Crippen molar-refractivity contribution in [1.29, 1.82) is 0 Å². The van der Waals surface area contributed by atoms with Crippen molar-refractivity contribution >= 4 is 47.4 Å². The van der Waals surface area contributed by atoms with Gasteiger partial charge in [-0.1, -0.05) is 0 Å². The van der Waals surface area contributed by atoms with Crippen molar-refractivity contribution in [3.05, 3.63) is 15.6 Å². The fourth-order valence-electron chi connectivity index (χ4n) is 3.11. The number of thiazole rings is 1. The lowest BCUT2D eigenvalue weighted by molar-refractivity contribution is 0.0474. The molecule has 9 heteroatoms. The summed E-state index contributed by atoms with van der Waals surface area (Å²) in [5.41, 5.74) is 0.350. The highest BCUT2D eigenvalue weighted by Gasteiger charge is 2.24. The van der Waals surface area contributed by atoms with Gasteiger partial charge in [0.25, 0.3) is 0 Å². The first-order chi connectivity index (χ1) is 13.6. The predicted molar refractivity (Wildman–Crippen MR) is 135 cm³/mol. The number of aromatic nitrogens is 1. The van der Waals surface area contributed by atoms with Crippen LogP contribution in [-0.4, -0.2) is 48.3 Å². The smallest absolute Gasteiger partial charge is 0.408 e. The maximum atomic E-state index is 12.0. The number of nitrogens with zero attached hydrogens (tertiary/aromatic N) is 2. The summed E-state index contributed by atoms with van der Waals surface area (Å²) in [6.07, 6.45) is 6.51. The normalized spacial score (nSPS) is 14.4. The van der Waals surface area contributed by atoms with Crippen LogP contribution in [0.5, 0.6) is 0 Å². The number of aryl methyl sites for hydroxylation is 3. The van der Waals surface area contributed by atoms with Gasteiger partial charge in [-0.25, -0.2) is 9.78 Å². The molecule has 0 aromatic carbocycles. The number of ether oxygens (including phenoxy) is 1. The summed E-state index contributed by atoms with van der Waals surface area (Å²) in [5.74, 6) is 0.725. The van der Waals surface area contributed by atoms with Gasteiger partial charge in [0.05, 0.1) is 16.2 Å². The molecule has 3 N–H and O–H groups in total. The Hall–Kier alpha value is -1.10. The third kappa shape index (κ3) is 9.80. The number of alkyl carbamates (subject to hydrolysis) is 1. The van der Waals surface area contributed by atoms with Gasteiger partial charge in [0.1, 0.15) is 5.60 Å². The average Bonchev–Trinajstić information content (AvgIpc) is 3.01. The molecule has 0 unspecified atom stereocenters. The number of rotatable bonds is 7. The Kier molecular flexibility index (Phi) is 10.8. The second-order valence-corrected chi connectivity index (χ2v) is 10.3. The van der Waals surface area contributed by atoms with Crippen LogP contribution in [0.15, 0.2) is 4.99 Å². The van der Waals surface area contributed by atoms with Gasteiger partial charge in [0, 0.05) is 31.4 Å². The SMILES string of the molecule is CN=C(NCCCc1nc2c(s1)CCCC2)NCC(C)(C)NC(=O)OC(C)(C)C.I. The van der Waals surface area contributed by atoms with E-state index in [-0.39, 0.29) is 24.0 Å². The van der Waals surface area contributed by atoms with Crippen LogP contribution in [0.4, 0.5) is 4.79 Å². The van der Waals surface area contributed by atoms with Crippen molar-refractivity contribution in [3.63, 3.8) is 0 Å². The molecule has 1 amide bonds. The topological polar surface area (TPSA) is 87.6 Å². The minimum Gasteiger partial charge on any atom is -0.444 e. The van der Waals surface area contributed by atoms with Gasteiger partial charge in [-0.3, -0.25) is 4.99 Å². The number of guanidine groups is 1. The highest BCUT2D eigenvalue weighted by Crippen LogP contribution is 2.27. The lowest BCUT2D eigenvalue weighted by Crippen LogP contribution is -2.54. The van der Waals surface area contributed by atoms with Crippen molar-refractivity contribution in [2.75, 3.05) is 20.1 Å². The second-order valence-electron chi connectivity index (χ2n) is 9.15. The van der Waals surface area contributed by atoms with E-state index in [1.165, 1.54) is 34.8 Å². The molecule has 172 valence electrons. The molecular weight excluding hydrogens is 513 g/mol. The average molecular weight is 552 g/mol. The molecule has 0 saturated heterocycles. The first kappa shape index (κ1) is 26.9. The van der Waals surface area contributed by atoms with Gasteiger partial charge in [-0.05, 0) is 66.7 Å². The van der Waals surface area contributed by atoms with Crippen molar-refractivity contribution in [3.8, 4) is 0 Å². The quantitative estimate of drug-likeness (QED) is 0.206. The van der Waals surface area contributed by atoms with Crippen LogP contribution < -0.4 is 16.0 Å². The van der Waals surface area contributed by atoms with E-state index < -0.39 is 17.2 Å². The zero-order valence-electron chi connectivity index (χ0n) is 19.2. The Balaban J connectivity index is 0.00000450. The van der Waals surface area contributed by atoms with Gasteiger partial charge in [-0.15, -0.1) is 35.3 Å². The highest BCUT2D eigenvalue weighted by molar-refractivity contribution is 14.0. The Morgan fingerprint density at radius 2 is 1.87 bits per heavy atom. The summed E-state index contributed by atoms with van der Waals surface area (Å²) >= 11 is 1.89. The van der Waals surface area contributed by atoms with Gasteiger partial charge in [0.2, 0.25) is 0 Å². The van der Waals surface area contributed by atoms with E-state index in [9.17, 15) is 4.79 Å². The Labute approximate surface area is 202 Å². The monoisotopic (exact) mass is 551 g/mol. The Morgan fingerprint density at radius 1 is 1.17 bits per heavy atom. The van der Waals surface area contributed by atoms with Crippen molar-refractivity contribution in [2.45, 2.75) is 84.3 Å². The third-order valence-corrected chi connectivity index (χ3v) is 5.73. The van der Waals surface area contributed by atoms with Crippen LogP contribution in [0.25, 0.3) is 0 Å². The Morgan fingerprint density at radius 3 is 2.50 bits per heavy atom. The molecular formula is C21H38IN5O2S. The zero-order chi connectivity index (χ0) is 21.5. The van der Waals surface area contributed by atoms with Crippen LogP contribution >= 0.6 is 35.3 Å². The molecule has 1 aliphatic rings. The summed E-state index contributed by atoms with van der Waals surface area (Å²) in [6, 6.07) is 0. The molecule has 0 bridgehead atoms. The molecule has 0 atom stereocenters. The molecule has 0 spiro atoms. The van der Waals surface area contributed by atoms with E-state index in [1.807, 2.05) is 46.0 Å². The largest absolute Gasteiger partial charge is 0.444 e. The zero-order valence-corrected chi connectivity index (χ0v) is 22.3. The van der Waals surface area contributed by atoms with Gasteiger partial charge < -0.3 is 20.7 Å². The molecule has 1 aromatic rings. The van der Waals surface area contributed by atoms with Crippen LogP contribution in [0.2, 0.25) is 0 Å². The number of nitrogens with one attached hydrogen (secondary N) is 3. The summed E-state index contributed by atoms with van der Waals surface area (Å²) in [4.78, 5) is 22.6. The predicted octanol–water partition coefficient (Wildman–Crippen LogP) is 4.04. The van der Waals surface area contributed by atoms with Crippen LogP contribution in [0.3, 0.4) is 0 Å². The van der Waals surface area contributed by atoms with E-state index in [0.717, 1.165) is 31.8 Å². The van der Waals surface area contributed by atoms with Crippen LogP contribution in [-0.2, 0) is 24.0 Å². The van der Waals surface area contributed by atoms with Crippen molar-refractivity contribution < 1.29 is 9.53 Å². The minimum absolute atomic E-state index is 0. The maximum Gasteiger partial charge on any atom is 0.408 e. The third-order valence-electron chi connectivity index (χ3n) is 4.51.